The highest BCUT2D eigenvalue weighted by Crippen LogP contribution is 2.36. The predicted octanol–water partition coefficient (Wildman–Crippen LogP) is 2.72. The molecule has 0 aliphatic carbocycles. The summed E-state index contributed by atoms with van der Waals surface area (Å²) in [5.41, 5.74) is 1.05. The molecule has 0 heterocycles. The highest BCUT2D eigenvalue weighted by molar-refractivity contribution is 9.10. The first-order chi connectivity index (χ1) is 9.24. The van der Waals surface area contributed by atoms with E-state index in [9.17, 15) is 0 Å². The smallest absolute Gasteiger partial charge is 0.166 e. The second-order valence-corrected chi connectivity index (χ2v) is 5.01. The molecule has 1 aromatic rings. The Bertz CT molecular complexity index is 385. The molecule has 0 saturated heterocycles. The maximum atomic E-state index is 8.78. The molecule has 19 heavy (non-hydrogen) atoms. The summed E-state index contributed by atoms with van der Waals surface area (Å²) < 4.78 is 12.1. The summed E-state index contributed by atoms with van der Waals surface area (Å²) >= 11 is 3.55. The van der Waals surface area contributed by atoms with E-state index < -0.39 is 0 Å². The lowest BCUT2D eigenvalue weighted by molar-refractivity contribution is 0.283. The van der Waals surface area contributed by atoms with Crippen LogP contribution in [0.25, 0.3) is 0 Å². The number of rotatable bonds is 9. The number of aliphatic hydroxyl groups is 1. The molecule has 0 aromatic heterocycles. The van der Waals surface area contributed by atoms with E-state index in [1.807, 2.05) is 12.1 Å². The molecule has 0 fully saturated rings. The zero-order chi connectivity index (χ0) is 14.1. The largest absolute Gasteiger partial charge is 0.493 e. The third-order valence-electron chi connectivity index (χ3n) is 2.65. The van der Waals surface area contributed by atoms with Crippen molar-refractivity contribution in [2.45, 2.75) is 26.3 Å². The van der Waals surface area contributed by atoms with E-state index in [1.54, 1.807) is 7.11 Å². The van der Waals surface area contributed by atoms with E-state index in [1.165, 1.54) is 0 Å². The third-order valence-corrected chi connectivity index (χ3v) is 3.39. The fourth-order valence-corrected chi connectivity index (χ4v) is 2.14. The lowest BCUT2D eigenvalue weighted by Crippen LogP contribution is -2.17. The molecule has 0 aliphatic rings. The van der Waals surface area contributed by atoms with Crippen LogP contribution >= 0.6 is 15.9 Å². The first-order valence-electron chi connectivity index (χ1n) is 6.54. The van der Waals surface area contributed by atoms with E-state index in [0.29, 0.717) is 13.2 Å². The van der Waals surface area contributed by atoms with E-state index in [-0.39, 0.29) is 6.61 Å². The van der Waals surface area contributed by atoms with Gasteiger partial charge in [0.2, 0.25) is 0 Å². The summed E-state index contributed by atoms with van der Waals surface area (Å²) in [6, 6.07) is 3.85. The van der Waals surface area contributed by atoms with Crippen molar-refractivity contribution < 1.29 is 14.6 Å². The van der Waals surface area contributed by atoms with Gasteiger partial charge < -0.3 is 19.9 Å². The maximum absolute atomic E-state index is 8.78. The van der Waals surface area contributed by atoms with Gasteiger partial charge in [-0.1, -0.05) is 22.9 Å². The maximum Gasteiger partial charge on any atom is 0.166 e. The molecule has 0 unspecified atom stereocenters. The molecule has 5 heteroatoms. The van der Waals surface area contributed by atoms with Crippen molar-refractivity contribution in [2.75, 3.05) is 26.9 Å². The molecule has 0 amide bonds. The van der Waals surface area contributed by atoms with Gasteiger partial charge in [-0.3, -0.25) is 0 Å². The molecule has 0 bridgehead atoms. The summed E-state index contributed by atoms with van der Waals surface area (Å²) in [4.78, 5) is 0. The highest BCUT2D eigenvalue weighted by atomic mass is 79.9. The van der Waals surface area contributed by atoms with Gasteiger partial charge in [-0.05, 0) is 31.5 Å². The van der Waals surface area contributed by atoms with Crippen LogP contribution in [-0.2, 0) is 6.54 Å². The number of benzene rings is 1. The minimum atomic E-state index is 0.200. The van der Waals surface area contributed by atoms with Crippen molar-refractivity contribution in [1.82, 2.24) is 5.32 Å². The minimum absolute atomic E-state index is 0.200. The summed E-state index contributed by atoms with van der Waals surface area (Å²) in [6.45, 7) is 4.38. The topological polar surface area (TPSA) is 50.7 Å². The van der Waals surface area contributed by atoms with Crippen LogP contribution in [0.15, 0.2) is 16.6 Å². The average Bonchev–Trinajstić information content (AvgIpc) is 2.43. The minimum Gasteiger partial charge on any atom is -0.493 e. The molecule has 0 atom stereocenters. The molecule has 1 rings (SSSR count). The van der Waals surface area contributed by atoms with Gasteiger partial charge >= 0.3 is 0 Å². The molecule has 1 aromatic carbocycles. The normalized spacial score (nSPS) is 10.5. The van der Waals surface area contributed by atoms with Crippen LogP contribution in [0.5, 0.6) is 11.5 Å². The lowest BCUT2D eigenvalue weighted by atomic mass is 10.1. The fourth-order valence-electron chi connectivity index (χ4n) is 1.69. The van der Waals surface area contributed by atoms with Crippen LogP contribution in [0, 0.1) is 0 Å². The predicted molar refractivity (Wildman–Crippen MR) is 79.9 cm³/mol. The van der Waals surface area contributed by atoms with Crippen LogP contribution in [0.1, 0.15) is 25.3 Å². The van der Waals surface area contributed by atoms with Gasteiger partial charge in [-0.15, -0.1) is 0 Å². The molecule has 0 saturated carbocycles. The number of halogens is 1. The van der Waals surface area contributed by atoms with E-state index in [2.05, 4.69) is 28.2 Å². The van der Waals surface area contributed by atoms with Crippen molar-refractivity contribution in [1.29, 1.82) is 0 Å². The number of methoxy groups -OCH3 is 1. The second-order valence-electron chi connectivity index (χ2n) is 4.16. The van der Waals surface area contributed by atoms with Gasteiger partial charge in [0.15, 0.2) is 11.5 Å². The summed E-state index contributed by atoms with van der Waals surface area (Å²) in [6.07, 6.45) is 1.69. The molecule has 2 N–H and O–H groups in total. The van der Waals surface area contributed by atoms with Crippen molar-refractivity contribution in [3.63, 3.8) is 0 Å². The van der Waals surface area contributed by atoms with Crippen molar-refractivity contribution in [3.8, 4) is 11.5 Å². The molecule has 0 spiro atoms. The Hall–Kier alpha value is -0.780. The molecular weight excluding hydrogens is 310 g/mol. The van der Waals surface area contributed by atoms with E-state index in [0.717, 1.165) is 40.9 Å². The average molecular weight is 332 g/mol. The van der Waals surface area contributed by atoms with Gasteiger partial charge in [-0.25, -0.2) is 0 Å². The molecule has 4 nitrogen and oxygen atoms in total. The highest BCUT2D eigenvalue weighted by Gasteiger charge is 2.14. The summed E-state index contributed by atoms with van der Waals surface area (Å²) in [7, 11) is 1.64. The van der Waals surface area contributed by atoms with Crippen LogP contribution in [-0.4, -0.2) is 32.0 Å². The third kappa shape index (κ3) is 5.01. The number of aliphatic hydroxyl groups excluding tert-OH is 1. The zero-order valence-corrected chi connectivity index (χ0v) is 13.1. The lowest BCUT2D eigenvalue weighted by Gasteiger charge is -2.16. The van der Waals surface area contributed by atoms with Gasteiger partial charge in [0, 0.05) is 23.2 Å². The Morgan fingerprint density at radius 2 is 2.16 bits per heavy atom. The van der Waals surface area contributed by atoms with Crippen LogP contribution in [0.4, 0.5) is 0 Å². The summed E-state index contributed by atoms with van der Waals surface area (Å²) in [5, 5.41) is 12.1. The molecule has 0 radical (unpaired) electrons. The monoisotopic (exact) mass is 331 g/mol. The van der Waals surface area contributed by atoms with Crippen molar-refractivity contribution >= 4 is 15.9 Å². The van der Waals surface area contributed by atoms with Gasteiger partial charge in [0.1, 0.15) is 0 Å². The number of hydrogen-bond acceptors (Lipinski definition) is 4. The van der Waals surface area contributed by atoms with Crippen molar-refractivity contribution in [2.24, 2.45) is 0 Å². The van der Waals surface area contributed by atoms with Crippen molar-refractivity contribution in [3.05, 3.63) is 22.2 Å². The molecular formula is C14H22BrNO3. The first-order valence-corrected chi connectivity index (χ1v) is 7.33. The standard InChI is InChI=1S/C14H22BrNO3/c1-3-9-19-14-11(10-16-7-4-8-17)12(15)5-6-13(14)18-2/h5-6,16-17H,3-4,7-10H2,1-2H3. The van der Waals surface area contributed by atoms with Crippen LogP contribution < -0.4 is 14.8 Å². The summed E-state index contributed by atoms with van der Waals surface area (Å²) in [5.74, 6) is 1.53. The van der Waals surface area contributed by atoms with Gasteiger partial charge in [0.25, 0.3) is 0 Å². The Balaban J connectivity index is 2.84. The molecule has 108 valence electrons. The number of nitrogens with one attached hydrogen (secondary N) is 1. The fraction of sp³-hybridized carbons (Fsp3) is 0.571. The zero-order valence-electron chi connectivity index (χ0n) is 11.5. The van der Waals surface area contributed by atoms with Crippen LogP contribution in [0.3, 0.4) is 0 Å². The van der Waals surface area contributed by atoms with Gasteiger partial charge in [-0.2, -0.15) is 0 Å². The Labute approximate surface area is 123 Å². The molecule has 0 aliphatic heterocycles. The first kappa shape index (κ1) is 16.3. The van der Waals surface area contributed by atoms with E-state index in [4.69, 9.17) is 14.6 Å². The van der Waals surface area contributed by atoms with Gasteiger partial charge in [0.05, 0.1) is 13.7 Å². The Kier molecular flexibility index (Phi) is 7.86. The van der Waals surface area contributed by atoms with E-state index >= 15 is 0 Å². The Morgan fingerprint density at radius 3 is 2.79 bits per heavy atom. The SMILES string of the molecule is CCCOc1c(OC)ccc(Br)c1CNCCCO. The second kappa shape index (κ2) is 9.18. The Morgan fingerprint density at radius 1 is 1.37 bits per heavy atom. The number of ether oxygens (including phenoxy) is 2. The van der Waals surface area contributed by atoms with Crippen LogP contribution in [0.2, 0.25) is 0 Å². The number of hydrogen-bond donors (Lipinski definition) is 2. The quantitative estimate of drug-likeness (QED) is 0.683.